The van der Waals surface area contributed by atoms with Gasteiger partial charge in [0.15, 0.2) is 16.0 Å². The highest BCUT2D eigenvalue weighted by atomic mass is 35.5. The molecule has 1 aromatic heterocycles. The largest absolute Gasteiger partial charge is 0.376 e. The molecule has 0 bridgehead atoms. The van der Waals surface area contributed by atoms with E-state index in [1.54, 1.807) is 11.3 Å². The number of carbonyl (C=O) groups excluding carboxylic acids is 1. The molecule has 1 heterocycles. The number of nitrogens with zero attached hydrogens (tertiary/aromatic N) is 1. The Morgan fingerprint density at radius 2 is 1.34 bits per heavy atom. The van der Waals surface area contributed by atoms with E-state index in [9.17, 15) is 4.79 Å². The number of hydrogen-bond acceptors (Lipinski definition) is 5. The number of ketones is 1. The van der Waals surface area contributed by atoms with Gasteiger partial charge in [0.05, 0.1) is 23.3 Å². The summed E-state index contributed by atoms with van der Waals surface area (Å²) < 4.78 is 0. The minimum absolute atomic E-state index is 0.0312. The van der Waals surface area contributed by atoms with Crippen LogP contribution in [-0.4, -0.2) is 27.6 Å². The van der Waals surface area contributed by atoms with Crippen LogP contribution in [0, 0.1) is 0 Å². The number of benzene rings is 4. The van der Waals surface area contributed by atoms with Crippen molar-refractivity contribution in [3.05, 3.63) is 96.0 Å². The molecular weight excluding hydrogens is 579 g/mol. The van der Waals surface area contributed by atoms with Gasteiger partial charge in [-0.2, -0.15) is 0 Å². The van der Waals surface area contributed by atoms with Crippen molar-refractivity contribution in [2.45, 2.75) is 5.88 Å². The molecule has 0 aliphatic carbocycles. The number of Topliss-reactive ketones (excluding diaryl/α,β-unsaturated/α-hetero) is 1. The van der Waals surface area contributed by atoms with E-state index in [0.717, 1.165) is 27.6 Å². The maximum Gasteiger partial charge on any atom is 0.187 e. The third-order valence-electron chi connectivity index (χ3n) is 5.07. The first-order valence-corrected chi connectivity index (χ1v) is 14.3. The van der Waals surface area contributed by atoms with Gasteiger partial charge in [0.1, 0.15) is 0 Å². The maximum absolute atomic E-state index is 9.92. The second-order valence-corrected chi connectivity index (χ2v) is 9.85. The lowest BCUT2D eigenvalue weighted by atomic mass is 10.1. The molecule has 0 amide bonds. The fourth-order valence-electron chi connectivity index (χ4n) is 3.38. The van der Waals surface area contributed by atoms with Crippen molar-refractivity contribution in [1.29, 1.82) is 0 Å². The lowest BCUT2D eigenvalue weighted by Gasteiger charge is -2.07. The van der Waals surface area contributed by atoms with E-state index in [-0.39, 0.29) is 17.5 Å². The van der Waals surface area contributed by atoms with Crippen LogP contribution in [0.4, 0.5) is 16.5 Å². The monoisotopic (exact) mass is 602 g/mol. The Labute approximate surface area is 245 Å². The second-order valence-electron chi connectivity index (χ2n) is 7.75. The molecule has 0 atom stereocenters. The zero-order valence-corrected chi connectivity index (χ0v) is 24.1. The number of anilines is 3. The summed E-state index contributed by atoms with van der Waals surface area (Å²) in [6.07, 6.45) is 0. The molecule has 5 aromatic rings. The number of nitrogens with two attached hydrogens (primary N) is 1. The van der Waals surface area contributed by atoms with Crippen molar-refractivity contribution < 1.29 is 4.79 Å². The van der Waals surface area contributed by atoms with Crippen LogP contribution in [-0.2, 0) is 10.7 Å². The highest BCUT2D eigenvalue weighted by Gasteiger charge is 2.04. The van der Waals surface area contributed by atoms with E-state index < -0.39 is 0 Å². The van der Waals surface area contributed by atoms with Crippen LogP contribution in [0.5, 0.6) is 0 Å². The molecule has 0 aliphatic heterocycles. The minimum atomic E-state index is -0.127. The van der Waals surface area contributed by atoms with Gasteiger partial charge in [0.25, 0.3) is 0 Å². The van der Waals surface area contributed by atoms with Gasteiger partial charge in [-0.25, -0.2) is 4.98 Å². The van der Waals surface area contributed by atoms with Crippen LogP contribution in [0.2, 0.25) is 0 Å². The van der Waals surface area contributed by atoms with Crippen LogP contribution < -0.4 is 16.4 Å². The first kappa shape index (κ1) is 29.6. The molecule has 10 heteroatoms. The zero-order valence-electron chi connectivity index (χ0n) is 20.2. The average molecular weight is 604 g/mol. The van der Waals surface area contributed by atoms with Gasteiger partial charge in [0, 0.05) is 27.5 Å². The van der Waals surface area contributed by atoms with Crippen LogP contribution in [0.15, 0.2) is 90.3 Å². The molecule has 0 unspecified atom stereocenters. The second kappa shape index (κ2) is 15.5. The standard InChI is InChI=1S/C14H11ClN2S.C11H10N2S.C3H4Cl2O/c15-8-11-9-18-14(16-11)17-13-7-3-5-10-4-1-2-6-12(10)13;12-11(14)13-10-7-3-5-8-4-1-2-6-9(8)10;4-1-3(6)2-5/h1-7,9H,8H2,(H,16,17);1-7H,(H3,12,13,14);1-2H2. The fourth-order valence-corrected chi connectivity index (χ4v) is 4.72. The molecule has 0 saturated heterocycles. The maximum atomic E-state index is 9.92. The molecule has 4 aromatic carbocycles. The zero-order chi connectivity index (χ0) is 27.3. The van der Waals surface area contributed by atoms with Gasteiger partial charge < -0.3 is 16.4 Å². The Morgan fingerprint density at radius 1 is 0.816 bits per heavy atom. The summed E-state index contributed by atoms with van der Waals surface area (Å²) in [6.45, 7) is 0. The van der Waals surface area contributed by atoms with E-state index in [1.807, 2.05) is 53.9 Å². The summed E-state index contributed by atoms with van der Waals surface area (Å²) in [5.41, 5.74) is 8.37. The first-order chi connectivity index (χ1) is 18.4. The number of hydrogen-bond donors (Lipinski definition) is 3. The number of aromatic nitrogens is 1. The van der Waals surface area contributed by atoms with Crippen molar-refractivity contribution in [2.75, 3.05) is 22.4 Å². The molecule has 0 saturated carbocycles. The summed E-state index contributed by atoms with van der Waals surface area (Å²) in [5, 5.41) is 14.2. The van der Waals surface area contributed by atoms with Crippen molar-refractivity contribution in [3.63, 3.8) is 0 Å². The Morgan fingerprint density at radius 3 is 1.84 bits per heavy atom. The summed E-state index contributed by atoms with van der Waals surface area (Å²) in [7, 11) is 0. The predicted molar refractivity (Wildman–Crippen MR) is 170 cm³/mol. The van der Waals surface area contributed by atoms with E-state index in [1.165, 1.54) is 16.2 Å². The van der Waals surface area contributed by atoms with E-state index in [2.05, 4.69) is 52.0 Å². The molecule has 0 spiro atoms. The number of alkyl halides is 3. The smallest absolute Gasteiger partial charge is 0.187 e. The Hall–Kier alpha value is -2.94. The SMILES string of the molecule is ClCc1csc(Nc2cccc3ccccc23)n1.NC(=S)Nc1cccc2ccccc12.O=C(CCl)CCl. The number of fused-ring (bicyclic) bond motifs is 2. The quantitative estimate of drug-likeness (QED) is 0.134. The van der Waals surface area contributed by atoms with Gasteiger partial charge in [-0.05, 0) is 35.1 Å². The lowest BCUT2D eigenvalue weighted by molar-refractivity contribution is -0.114. The van der Waals surface area contributed by atoms with Crippen LogP contribution >= 0.6 is 58.4 Å². The average Bonchev–Trinajstić information content (AvgIpc) is 3.41. The van der Waals surface area contributed by atoms with E-state index in [4.69, 9.17) is 52.8 Å². The van der Waals surface area contributed by atoms with Gasteiger partial charge in [0.2, 0.25) is 0 Å². The molecule has 0 radical (unpaired) electrons. The molecule has 0 aliphatic rings. The molecule has 4 N–H and O–H groups in total. The van der Waals surface area contributed by atoms with Gasteiger partial charge >= 0.3 is 0 Å². The third-order valence-corrected chi connectivity index (χ3v) is 6.84. The highest BCUT2D eigenvalue weighted by molar-refractivity contribution is 7.80. The summed E-state index contributed by atoms with van der Waals surface area (Å²) >= 11 is 22.2. The Bertz CT molecular complexity index is 1490. The third kappa shape index (κ3) is 8.82. The molecule has 0 fully saturated rings. The number of nitrogens with one attached hydrogen (secondary N) is 2. The summed E-state index contributed by atoms with van der Waals surface area (Å²) in [4.78, 5) is 14.3. The van der Waals surface area contributed by atoms with Gasteiger partial charge in [-0.15, -0.1) is 46.1 Å². The van der Waals surface area contributed by atoms with E-state index in [0.29, 0.717) is 11.0 Å². The van der Waals surface area contributed by atoms with Gasteiger partial charge in [-0.3, -0.25) is 4.79 Å². The number of carbonyl (C=O) groups is 1. The first-order valence-electron chi connectivity index (χ1n) is 11.4. The molecular formula is C28H25Cl3N4OS2. The summed E-state index contributed by atoms with van der Waals surface area (Å²) in [5.74, 6) is 0.388. The van der Waals surface area contributed by atoms with Crippen LogP contribution in [0.1, 0.15) is 5.69 Å². The van der Waals surface area contributed by atoms with Crippen molar-refractivity contribution >= 4 is 107 Å². The highest BCUT2D eigenvalue weighted by Crippen LogP contribution is 2.28. The van der Waals surface area contributed by atoms with E-state index >= 15 is 0 Å². The molecule has 196 valence electrons. The van der Waals surface area contributed by atoms with Crippen molar-refractivity contribution in [1.82, 2.24) is 4.98 Å². The van der Waals surface area contributed by atoms with Crippen molar-refractivity contribution in [3.8, 4) is 0 Å². The minimum Gasteiger partial charge on any atom is -0.376 e. The fraction of sp³-hybridized carbons (Fsp3) is 0.107. The number of thiocarbonyl (C=S) groups is 1. The van der Waals surface area contributed by atoms with Gasteiger partial charge in [-0.1, -0.05) is 72.8 Å². The Balaban J connectivity index is 0.000000178. The van der Waals surface area contributed by atoms with Crippen molar-refractivity contribution in [2.24, 2.45) is 5.73 Å². The molecule has 38 heavy (non-hydrogen) atoms. The van der Waals surface area contributed by atoms with Crippen LogP contribution in [0.3, 0.4) is 0 Å². The summed E-state index contributed by atoms with van der Waals surface area (Å²) in [6, 6.07) is 28.6. The predicted octanol–water partition coefficient (Wildman–Crippen LogP) is 8.31. The Kier molecular flexibility index (Phi) is 12.1. The number of halogens is 3. The molecule has 5 nitrogen and oxygen atoms in total. The molecule has 5 rings (SSSR count). The number of rotatable bonds is 6. The number of thiazole rings is 1. The normalized spacial score (nSPS) is 10.1. The topological polar surface area (TPSA) is 80.0 Å². The lowest BCUT2D eigenvalue weighted by Crippen LogP contribution is -2.18. The van der Waals surface area contributed by atoms with Crippen LogP contribution in [0.25, 0.3) is 21.5 Å².